The van der Waals surface area contributed by atoms with Crippen LogP contribution in [0.5, 0.6) is 5.75 Å². The summed E-state index contributed by atoms with van der Waals surface area (Å²) in [7, 11) is 0. The van der Waals surface area contributed by atoms with Gasteiger partial charge in [-0.05, 0) is 18.2 Å². The maximum Gasteiger partial charge on any atom is 0.175 e. The summed E-state index contributed by atoms with van der Waals surface area (Å²) >= 11 is 11.9. The number of nitrogens with zero attached hydrogens (tertiary/aromatic N) is 1. The van der Waals surface area contributed by atoms with Crippen LogP contribution in [0.3, 0.4) is 0 Å². The molecule has 1 N–H and O–H groups in total. The Morgan fingerprint density at radius 1 is 1.06 bits per heavy atom. The van der Waals surface area contributed by atoms with Crippen molar-refractivity contribution in [3.8, 4) is 5.75 Å². The normalized spacial score (nSPS) is 10.4. The molecular formula is C12H10Cl2NO+. The van der Waals surface area contributed by atoms with Crippen molar-refractivity contribution in [1.82, 2.24) is 0 Å². The Morgan fingerprint density at radius 2 is 1.75 bits per heavy atom. The van der Waals surface area contributed by atoms with Crippen molar-refractivity contribution in [1.29, 1.82) is 0 Å². The number of hydrogen-bond acceptors (Lipinski definition) is 1. The fraction of sp³-hybridized carbons (Fsp3) is 0.0833. The fourth-order valence-electron chi connectivity index (χ4n) is 1.40. The van der Waals surface area contributed by atoms with Gasteiger partial charge in [0.15, 0.2) is 18.9 Å². The number of halogens is 2. The maximum absolute atomic E-state index is 9.16. The fourth-order valence-corrected chi connectivity index (χ4v) is 1.87. The molecule has 0 atom stereocenters. The zero-order valence-electron chi connectivity index (χ0n) is 8.40. The molecule has 0 saturated carbocycles. The second kappa shape index (κ2) is 4.73. The lowest BCUT2D eigenvalue weighted by Crippen LogP contribution is -2.32. The van der Waals surface area contributed by atoms with E-state index < -0.39 is 0 Å². The molecule has 0 saturated heterocycles. The minimum absolute atomic E-state index is 0.249. The average molecular weight is 255 g/mol. The van der Waals surface area contributed by atoms with Gasteiger partial charge in [-0.15, -0.1) is 0 Å². The van der Waals surface area contributed by atoms with Crippen LogP contribution in [0.2, 0.25) is 10.0 Å². The minimum atomic E-state index is 0.249. The third-order valence-electron chi connectivity index (χ3n) is 2.24. The van der Waals surface area contributed by atoms with Crippen molar-refractivity contribution in [2.24, 2.45) is 0 Å². The molecular weight excluding hydrogens is 245 g/mol. The van der Waals surface area contributed by atoms with E-state index in [1.54, 1.807) is 30.6 Å². The standard InChI is InChI=1S/C12H9Cl2NO/c13-10-2-1-9(12(14)7-10)8-15-5-3-11(16)4-6-15/h1-7H,8H2/p+1. The van der Waals surface area contributed by atoms with Gasteiger partial charge in [-0.1, -0.05) is 23.2 Å². The molecule has 1 heterocycles. The predicted molar refractivity (Wildman–Crippen MR) is 63.9 cm³/mol. The van der Waals surface area contributed by atoms with Gasteiger partial charge in [0.25, 0.3) is 0 Å². The van der Waals surface area contributed by atoms with Crippen LogP contribution in [-0.2, 0) is 6.54 Å². The molecule has 2 aromatic rings. The monoisotopic (exact) mass is 254 g/mol. The summed E-state index contributed by atoms with van der Waals surface area (Å²) in [6.45, 7) is 0.649. The van der Waals surface area contributed by atoms with Crippen LogP contribution in [0, 0.1) is 0 Å². The largest absolute Gasteiger partial charge is 0.507 e. The second-order valence-corrected chi connectivity index (χ2v) is 4.31. The minimum Gasteiger partial charge on any atom is -0.507 e. The lowest BCUT2D eigenvalue weighted by atomic mass is 10.2. The molecule has 1 aromatic heterocycles. The smallest absolute Gasteiger partial charge is 0.175 e. The molecule has 2 rings (SSSR count). The molecule has 0 amide bonds. The second-order valence-electron chi connectivity index (χ2n) is 3.46. The van der Waals surface area contributed by atoms with E-state index in [4.69, 9.17) is 28.3 Å². The quantitative estimate of drug-likeness (QED) is 0.819. The van der Waals surface area contributed by atoms with E-state index in [9.17, 15) is 0 Å². The first kappa shape index (κ1) is 11.2. The van der Waals surface area contributed by atoms with Gasteiger partial charge in [-0.25, -0.2) is 4.57 Å². The zero-order chi connectivity index (χ0) is 11.5. The molecule has 0 radical (unpaired) electrons. The van der Waals surface area contributed by atoms with Crippen molar-refractivity contribution in [3.63, 3.8) is 0 Å². The van der Waals surface area contributed by atoms with Crippen LogP contribution < -0.4 is 4.57 Å². The highest BCUT2D eigenvalue weighted by molar-refractivity contribution is 6.35. The number of pyridine rings is 1. The molecule has 0 aliphatic rings. The van der Waals surface area contributed by atoms with Crippen molar-refractivity contribution >= 4 is 23.2 Å². The highest BCUT2D eigenvalue weighted by Crippen LogP contribution is 2.20. The maximum atomic E-state index is 9.16. The summed E-state index contributed by atoms with van der Waals surface area (Å²) in [6.07, 6.45) is 3.58. The number of aromatic hydroxyl groups is 1. The van der Waals surface area contributed by atoms with E-state index in [0.29, 0.717) is 16.6 Å². The SMILES string of the molecule is Oc1cc[n+](Cc2ccc(Cl)cc2Cl)cc1. The molecule has 4 heteroatoms. The molecule has 0 fully saturated rings. The Balaban J connectivity index is 2.23. The first-order chi connectivity index (χ1) is 7.65. The third-order valence-corrected chi connectivity index (χ3v) is 2.83. The summed E-state index contributed by atoms with van der Waals surface area (Å²) in [6, 6.07) is 8.68. The van der Waals surface area contributed by atoms with Gasteiger partial charge >= 0.3 is 0 Å². The molecule has 0 aliphatic heterocycles. The number of rotatable bonds is 2. The number of hydrogen-bond donors (Lipinski definition) is 1. The van der Waals surface area contributed by atoms with Crippen LogP contribution in [0.1, 0.15) is 5.56 Å². The van der Waals surface area contributed by atoms with Crippen LogP contribution in [0.15, 0.2) is 42.7 Å². The molecule has 0 spiro atoms. The van der Waals surface area contributed by atoms with E-state index >= 15 is 0 Å². The lowest BCUT2D eigenvalue weighted by molar-refractivity contribution is -0.688. The number of benzene rings is 1. The number of aromatic nitrogens is 1. The first-order valence-corrected chi connectivity index (χ1v) is 5.53. The van der Waals surface area contributed by atoms with Crippen LogP contribution in [0.4, 0.5) is 0 Å². The highest BCUT2D eigenvalue weighted by Gasteiger charge is 2.07. The molecule has 82 valence electrons. The van der Waals surface area contributed by atoms with E-state index in [-0.39, 0.29) is 5.75 Å². The van der Waals surface area contributed by atoms with Crippen molar-refractivity contribution in [3.05, 3.63) is 58.3 Å². The Bertz CT molecular complexity index is 497. The molecule has 0 aliphatic carbocycles. The first-order valence-electron chi connectivity index (χ1n) is 4.77. The summed E-state index contributed by atoms with van der Waals surface area (Å²) in [5.41, 5.74) is 0.988. The van der Waals surface area contributed by atoms with Gasteiger partial charge in [-0.2, -0.15) is 0 Å². The molecule has 0 bridgehead atoms. The predicted octanol–water partition coefficient (Wildman–Crippen LogP) is 3.03. The molecule has 1 aromatic carbocycles. The Kier molecular flexibility index (Phi) is 3.32. The molecule has 16 heavy (non-hydrogen) atoms. The topological polar surface area (TPSA) is 24.1 Å². The van der Waals surface area contributed by atoms with E-state index in [0.717, 1.165) is 5.56 Å². The summed E-state index contributed by atoms with van der Waals surface area (Å²) in [4.78, 5) is 0. The van der Waals surface area contributed by atoms with Gasteiger partial charge in [0.05, 0.1) is 5.02 Å². The summed E-state index contributed by atoms with van der Waals surface area (Å²) in [5, 5.41) is 10.4. The average Bonchev–Trinajstić information content (AvgIpc) is 2.25. The van der Waals surface area contributed by atoms with Crippen molar-refractivity contribution < 1.29 is 9.67 Å². The van der Waals surface area contributed by atoms with Gasteiger partial charge in [0.2, 0.25) is 0 Å². The van der Waals surface area contributed by atoms with E-state index in [1.165, 1.54) is 0 Å². The lowest BCUT2D eigenvalue weighted by Gasteiger charge is -2.01. The Hall–Kier alpha value is -1.25. The van der Waals surface area contributed by atoms with Gasteiger partial charge < -0.3 is 5.11 Å². The van der Waals surface area contributed by atoms with Crippen molar-refractivity contribution in [2.45, 2.75) is 6.54 Å². The Labute approximate surface area is 104 Å². The molecule has 2 nitrogen and oxygen atoms in total. The third kappa shape index (κ3) is 2.65. The molecule has 0 unspecified atom stereocenters. The van der Waals surface area contributed by atoms with E-state index in [2.05, 4.69) is 0 Å². The van der Waals surface area contributed by atoms with Gasteiger partial charge in [-0.3, -0.25) is 0 Å². The van der Waals surface area contributed by atoms with Crippen LogP contribution in [0.25, 0.3) is 0 Å². The zero-order valence-corrected chi connectivity index (χ0v) is 9.91. The van der Waals surface area contributed by atoms with E-state index in [1.807, 2.05) is 16.7 Å². The van der Waals surface area contributed by atoms with Crippen molar-refractivity contribution in [2.75, 3.05) is 0 Å². The summed E-state index contributed by atoms with van der Waals surface area (Å²) in [5.74, 6) is 0.249. The van der Waals surface area contributed by atoms with Gasteiger partial charge in [0.1, 0.15) is 5.75 Å². The van der Waals surface area contributed by atoms with Crippen LogP contribution in [-0.4, -0.2) is 5.11 Å². The Morgan fingerprint density at radius 3 is 2.38 bits per heavy atom. The highest BCUT2D eigenvalue weighted by atomic mass is 35.5. The van der Waals surface area contributed by atoms with Crippen LogP contribution >= 0.6 is 23.2 Å². The van der Waals surface area contributed by atoms with Gasteiger partial charge in [0, 0.05) is 22.7 Å². The summed E-state index contributed by atoms with van der Waals surface area (Å²) < 4.78 is 1.93.